The average molecular weight is 324 g/mol. The zero-order valence-corrected chi connectivity index (χ0v) is 15.0. The second-order valence-corrected chi connectivity index (χ2v) is 8.18. The van der Waals surface area contributed by atoms with E-state index in [1.807, 2.05) is 12.3 Å². The monoisotopic (exact) mass is 324 g/mol. The van der Waals surface area contributed by atoms with Crippen LogP contribution in [0.15, 0.2) is 10.2 Å². The molecule has 1 fully saturated rings. The predicted molar refractivity (Wildman–Crippen MR) is 91.4 cm³/mol. The maximum atomic E-state index is 12.7. The molecule has 1 aromatic heterocycles. The summed E-state index contributed by atoms with van der Waals surface area (Å²) in [5.74, 6) is 0.194. The maximum Gasteiger partial charge on any atom is 0.307 e. The van der Waals surface area contributed by atoms with Crippen molar-refractivity contribution in [3.63, 3.8) is 0 Å². The Kier molecular flexibility index (Phi) is 5.48. The van der Waals surface area contributed by atoms with E-state index in [0.717, 1.165) is 25.1 Å². The van der Waals surface area contributed by atoms with Gasteiger partial charge < -0.3 is 9.47 Å². The highest BCUT2D eigenvalue weighted by Crippen LogP contribution is 2.31. The number of amides is 1. The molecule has 1 atom stereocenters. The second-order valence-electron chi connectivity index (χ2n) is 7.36. The van der Waals surface area contributed by atoms with Crippen molar-refractivity contribution in [2.24, 2.45) is 5.41 Å². The summed E-state index contributed by atoms with van der Waals surface area (Å²) in [5, 5.41) is 1.86. The third kappa shape index (κ3) is 4.00. The van der Waals surface area contributed by atoms with Gasteiger partial charge in [0.1, 0.15) is 0 Å². The molecule has 0 aliphatic carbocycles. The molecule has 2 rings (SSSR count). The van der Waals surface area contributed by atoms with Gasteiger partial charge in [-0.3, -0.25) is 9.59 Å². The van der Waals surface area contributed by atoms with E-state index in [1.165, 1.54) is 24.2 Å². The standard InChI is InChI=1S/C17H28N2O2S/c1-13-12-22-16(21)18(13)11-9-15(20)19-10-7-5-6-8-14(19)17(2,3)4/h12,14H,5-11H2,1-4H3/t14-/m1/s1. The lowest BCUT2D eigenvalue weighted by molar-refractivity contribution is -0.136. The molecule has 0 bridgehead atoms. The van der Waals surface area contributed by atoms with Crippen molar-refractivity contribution in [2.45, 2.75) is 72.4 Å². The van der Waals surface area contributed by atoms with E-state index in [9.17, 15) is 9.59 Å². The van der Waals surface area contributed by atoms with Gasteiger partial charge in [-0.25, -0.2) is 0 Å². The molecule has 0 saturated carbocycles. The third-order valence-corrected chi connectivity index (χ3v) is 5.48. The minimum Gasteiger partial charge on any atom is -0.339 e. The van der Waals surface area contributed by atoms with E-state index in [0.29, 0.717) is 19.0 Å². The van der Waals surface area contributed by atoms with E-state index in [2.05, 4.69) is 25.7 Å². The highest BCUT2D eigenvalue weighted by Gasteiger charge is 2.33. The van der Waals surface area contributed by atoms with Gasteiger partial charge in [0.2, 0.25) is 5.91 Å². The van der Waals surface area contributed by atoms with E-state index in [-0.39, 0.29) is 16.2 Å². The maximum absolute atomic E-state index is 12.7. The van der Waals surface area contributed by atoms with Crippen LogP contribution in [-0.2, 0) is 11.3 Å². The first kappa shape index (κ1) is 17.3. The molecular formula is C17H28N2O2S. The van der Waals surface area contributed by atoms with Crippen molar-refractivity contribution in [3.8, 4) is 0 Å². The molecule has 0 radical (unpaired) electrons. The van der Waals surface area contributed by atoms with E-state index in [4.69, 9.17) is 0 Å². The lowest BCUT2D eigenvalue weighted by Crippen LogP contribution is -2.47. The van der Waals surface area contributed by atoms with Gasteiger partial charge in [0.05, 0.1) is 0 Å². The number of aryl methyl sites for hydroxylation is 1. The van der Waals surface area contributed by atoms with Crippen LogP contribution in [0.2, 0.25) is 0 Å². The van der Waals surface area contributed by atoms with Gasteiger partial charge in [-0.2, -0.15) is 0 Å². The van der Waals surface area contributed by atoms with Crippen LogP contribution in [0.4, 0.5) is 0 Å². The van der Waals surface area contributed by atoms with Gasteiger partial charge in [0, 0.05) is 36.6 Å². The SMILES string of the molecule is Cc1csc(=O)n1CCC(=O)N1CCCCC[C@@H]1C(C)(C)C. The number of rotatable bonds is 3. The summed E-state index contributed by atoms with van der Waals surface area (Å²) in [7, 11) is 0. The van der Waals surface area contributed by atoms with Gasteiger partial charge in [-0.05, 0) is 25.2 Å². The molecule has 124 valence electrons. The first-order valence-electron chi connectivity index (χ1n) is 8.25. The average Bonchev–Trinajstić information content (AvgIpc) is 2.67. The first-order valence-corrected chi connectivity index (χ1v) is 9.13. The van der Waals surface area contributed by atoms with E-state index in [1.54, 1.807) is 4.57 Å². The Morgan fingerprint density at radius 2 is 2.05 bits per heavy atom. The Hall–Kier alpha value is -1.10. The highest BCUT2D eigenvalue weighted by molar-refractivity contribution is 7.07. The van der Waals surface area contributed by atoms with Crippen LogP contribution in [0.3, 0.4) is 0 Å². The molecule has 1 amide bonds. The summed E-state index contributed by atoms with van der Waals surface area (Å²) in [6.07, 6.45) is 5.01. The number of likely N-dealkylation sites (tertiary alicyclic amines) is 1. The van der Waals surface area contributed by atoms with Gasteiger partial charge in [-0.1, -0.05) is 44.9 Å². The molecule has 5 heteroatoms. The first-order chi connectivity index (χ1) is 10.3. The van der Waals surface area contributed by atoms with Crippen molar-refractivity contribution in [2.75, 3.05) is 6.54 Å². The van der Waals surface area contributed by atoms with Crippen molar-refractivity contribution >= 4 is 17.2 Å². The number of thiazole rings is 1. The molecule has 22 heavy (non-hydrogen) atoms. The minimum absolute atomic E-state index is 0.0357. The fraction of sp³-hybridized carbons (Fsp3) is 0.765. The molecule has 2 heterocycles. The van der Waals surface area contributed by atoms with Crippen molar-refractivity contribution in [1.29, 1.82) is 0 Å². The fourth-order valence-electron chi connectivity index (χ4n) is 3.33. The number of aromatic nitrogens is 1. The summed E-state index contributed by atoms with van der Waals surface area (Å²) in [4.78, 5) is 26.6. The zero-order valence-electron chi connectivity index (χ0n) is 14.2. The topological polar surface area (TPSA) is 42.3 Å². The van der Waals surface area contributed by atoms with Crippen molar-refractivity contribution in [1.82, 2.24) is 9.47 Å². The van der Waals surface area contributed by atoms with Crippen LogP contribution < -0.4 is 4.87 Å². The van der Waals surface area contributed by atoms with Crippen molar-refractivity contribution < 1.29 is 4.79 Å². The van der Waals surface area contributed by atoms with E-state index >= 15 is 0 Å². The number of carbonyl (C=O) groups is 1. The Balaban J connectivity index is 2.07. The molecule has 0 spiro atoms. The summed E-state index contributed by atoms with van der Waals surface area (Å²) < 4.78 is 1.71. The molecule has 0 N–H and O–H groups in total. The molecule has 0 aromatic carbocycles. The smallest absolute Gasteiger partial charge is 0.307 e. The summed E-state index contributed by atoms with van der Waals surface area (Å²) in [6.45, 7) is 9.94. The second kappa shape index (κ2) is 6.99. The molecule has 1 aliphatic heterocycles. The largest absolute Gasteiger partial charge is 0.339 e. The molecule has 1 aromatic rings. The molecule has 1 saturated heterocycles. The Morgan fingerprint density at radius 3 is 2.64 bits per heavy atom. The number of hydrogen-bond donors (Lipinski definition) is 0. The van der Waals surface area contributed by atoms with E-state index < -0.39 is 0 Å². The number of nitrogens with zero attached hydrogens (tertiary/aromatic N) is 2. The normalized spacial score (nSPS) is 20.0. The highest BCUT2D eigenvalue weighted by atomic mass is 32.1. The van der Waals surface area contributed by atoms with Gasteiger partial charge >= 0.3 is 4.87 Å². The fourth-order valence-corrected chi connectivity index (χ4v) is 4.09. The van der Waals surface area contributed by atoms with Crippen LogP contribution in [0.5, 0.6) is 0 Å². The summed E-state index contributed by atoms with van der Waals surface area (Å²) in [6, 6.07) is 0.308. The Bertz CT molecular complexity index is 568. The molecule has 0 unspecified atom stereocenters. The van der Waals surface area contributed by atoms with Crippen LogP contribution in [-0.4, -0.2) is 28.0 Å². The molecule has 4 nitrogen and oxygen atoms in total. The summed E-state index contributed by atoms with van der Waals surface area (Å²) in [5.41, 5.74) is 1.06. The molecule has 1 aliphatic rings. The third-order valence-electron chi connectivity index (χ3n) is 4.60. The van der Waals surface area contributed by atoms with Gasteiger partial charge in [0.25, 0.3) is 0 Å². The molecular weight excluding hydrogens is 296 g/mol. The Labute approximate surface area is 137 Å². The quantitative estimate of drug-likeness (QED) is 0.855. The van der Waals surface area contributed by atoms with Crippen LogP contribution >= 0.6 is 11.3 Å². The number of carbonyl (C=O) groups excluding carboxylic acids is 1. The minimum atomic E-state index is 0.0357. The van der Waals surface area contributed by atoms with Crippen molar-refractivity contribution in [3.05, 3.63) is 20.7 Å². The summed E-state index contributed by atoms with van der Waals surface area (Å²) >= 11 is 1.21. The number of hydrogen-bond acceptors (Lipinski definition) is 3. The van der Waals surface area contributed by atoms with Gasteiger partial charge in [-0.15, -0.1) is 0 Å². The predicted octanol–water partition coefficient (Wildman–Crippen LogP) is 3.43. The lowest BCUT2D eigenvalue weighted by atomic mass is 9.83. The zero-order chi connectivity index (χ0) is 16.3. The van der Waals surface area contributed by atoms with Crippen LogP contribution in [0.25, 0.3) is 0 Å². The lowest BCUT2D eigenvalue weighted by Gasteiger charge is -2.39. The van der Waals surface area contributed by atoms with Gasteiger partial charge in [0.15, 0.2) is 0 Å². The Morgan fingerprint density at radius 1 is 1.32 bits per heavy atom. The van der Waals surface area contributed by atoms with Crippen LogP contribution in [0, 0.1) is 12.3 Å². The van der Waals surface area contributed by atoms with Crippen LogP contribution in [0.1, 0.15) is 58.6 Å².